The van der Waals surface area contributed by atoms with E-state index in [1.54, 1.807) is 14.2 Å². The van der Waals surface area contributed by atoms with Crippen LogP contribution in [0.4, 0.5) is 0 Å². The standard InChI is InChI=1S/C19H21NO3/c1-22-17-6-3-14(4-7-17)19-12-15-5-8-18(23-2)11-16(15)13-20(19)9-10-21/h3-8,11-12,21H,9-10,13H2,1-2H3. The van der Waals surface area contributed by atoms with Gasteiger partial charge in [-0.3, -0.25) is 0 Å². The first kappa shape index (κ1) is 15.4. The van der Waals surface area contributed by atoms with Gasteiger partial charge in [0.1, 0.15) is 11.5 Å². The molecule has 0 saturated carbocycles. The zero-order chi connectivity index (χ0) is 16.2. The fourth-order valence-corrected chi connectivity index (χ4v) is 2.86. The van der Waals surface area contributed by atoms with E-state index in [9.17, 15) is 5.11 Å². The minimum atomic E-state index is 0.118. The Hall–Kier alpha value is -2.46. The number of benzene rings is 2. The van der Waals surface area contributed by atoms with Crippen LogP contribution in [-0.4, -0.2) is 37.4 Å². The third-order valence-corrected chi connectivity index (χ3v) is 4.10. The molecule has 0 atom stereocenters. The molecule has 0 unspecified atom stereocenters. The quantitative estimate of drug-likeness (QED) is 0.922. The summed E-state index contributed by atoms with van der Waals surface area (Å²) in [6.45, 7) is 1.46. The molecule has 0 amide bonds. The van der Waals surface area contributed by atoms with Crippen LogP contribution in [0.3, 0.4) is 0 Å². The van der Waals surface area contributed by atoms with Crippen molar-refractivity contribution in [3.63, 3.8) is 0 Å². The lowest BCUT2D eigenvalue weighted by molar-refractivity contribution is 0.239. The highest BCUT2D eigenvalue weighted by molar-refractivity contribution is 5.83. The van der Waals surface area contributed by atoms with E-state index in [-0.39, 0.29) is 6.61 Å². The lowest BCUT2D eigenvalue weighted by Gasteiger charge is -2.32. The monoisotopic (exact) mass is 311 g/mol. The molecule has 0 radical (unpaired) electrons. The molecular formula is C19H21NO3. The van der Waals surface area contributed by atoms with E-state index in [1.165, 1.54) is 11.1 Å². The molecule has 0 aromatic heterocycles. The lowest BCUT2D eigenvalue weighted by Crippen LogP contribution is -2.27. The van der Waals surface area contributed by atoms with Gasteiger partial charge in [0, 0.05) is 18.8 Å². The van der Waals surface area contributed by atoms with Gasteiger partial charge in [0.15, 0.2) is 0 Å². The molecule has 3 rings (SSSR count). The molecule has 1 N–H and O–H groups in total. The molecule has 0 fully saturated rings. The van der Waals surface area contributed by atoms with Gasteiger partial charge >= 0.3 is 0 Å². The van der Waals surface area contributed by atoms with Crippen LogP contribution in [0.2, 0.25) is 0 Å². The Balaban J connectivity index is 2.01. The van der Waals surface area contributed by atoms with Crippen LogP contribution >= 0.6 is 0 Å². The van der Waals surface area contributed by atoms with Crippen molar-refractivity contribution >= 4 is 11.8 Å². The zero-order valence-electron chi connectivity index (χ0n) is 13.5. The molecule has 2 aromatic rings. The fraction of sp³-hybridized carbons (Fsp3) is 0.263. The third-order valence-electron chi connectivity index (χ3n) is 4.10. The number of ether oxygens (including phenoxy) is 2. The van der Waals surface area contributed by atoms with E-state index in [4.69, 9.17) is 9.47 Å². The van der Waals surface area contributed by atoms with E-state index < -0.39 is 0 Å². The van der Waals surface area contributed by atoms with E-state index in [1.807, 2.05) is 30.3 Å². The van der Waals surface area contributed by atoms with Crippen LogP contribution in [0.25, 0.3) is 11.8 Å². The Kier molecular flexibility index (Phi) is 4.53. The first-order valence-corrected chi connectivity index (χ1v) is 7.64. The summed E-state index contributed by atoms with van der Waals surface area (Å²) in [5.41, 5.74) is 4.61. The maximum atomic E-state index is 9.40. The Morgan fingerprint density at radius 2 is 1.70 bits per heavy atom. The second-order valence-electron chi connectivity index (χ2n) is 5.47. The van der Waals surface area contributed by atoms with Gasteiger partial charge in [-0.2, -0.15) is 0 Å². The van der Waals surface area contributed by atoms with Gasteiger partial charge in [-0.05, 0) is 59.2 Å². The highest BCUT2D eigenvalue weighted by atomic mass is 16.5. The first-order valence-electron chi connectivity index (χ1n) is 7.64. The van der Waals surface area contributed by atoms with Crippen LogP contribution in [0.1, 0.15) is 16.7 Å². The average Bonchev–Trinajstić information content (AvgIpc) is 2.61. The van der Waals surface area contributed by atoms with Gasteiger partial charge in [0.2, 0.25) is 0 Å². The number of nitrogens with zero attached hydrogens (tertiary/aromatic N) is 1. The Bertz CT molecular complexity index is 707. The first-order chi connectivity index (χ1) is 11.2. The number of β-amino-alcohol motifs (C(OH)–C–C–N with tert-alkyl or cyclic N) is 1. The number of rotatable bonds is 5. The zero-order valence-corrected chi connectivity index (χ0v) is 13.5. The summed E-state index contributed by atoms with van der Waals surface area (Å²) in [6.07, 6.45) is 2.16. The molecule has 0 spiro atoms. The highest BCUT2D eigenvalue weighted by Gasteiger charge is 2.19. The summed E-state index contributed by atoms with van der Waals surface area (Å²) in [5.74, 6) is 1.69. The molecule has 120 valence electrons. The van der Waals surface area contributed by atoms with E-state index >= 15 is 0 Å². The van der Waals surface area contributed by atoms with Crippen LogP contribution in [0.5, 0.6) is 11.5 Å². The Labute approximate surface area is 136 Å². The van der Waals surface area contributed by atoms with Gasteiger partial charge in [-0.25, -0.2) is 0 Å². The van der Waals surface area contributed by atoms with Crippen molar-refractivity contribution in [2.45, 2.75) is 6.54 Å². The van der Waals surface area contributed by atoms with E-state index in [0.717, 1.165) is 29.3 Å². The van der Waals surface area contributed by atoms with Gasteiger partial charge in [-0.1, -0.05) is 6.07 Å². The number of aliphatic hydroxyl groups excluding tert-OH is 1. The summed E-state index contributed by atoms with van der Waals surface area (Å²) in [6, 6.07) is 14.1. The predicted molar refractivity (Wildman–Crippen MR) is 91.4 cm³/mol. The van der Waals surface area contributed by atoms with Crippen molar-refractivity contribution in [2.24, 2.45) is 0 Å². The van der Waals surface area contributed by atoms with Crippen LogP contribution < -0.4 is 9.47 Å². The second-order valence-corrected chi connectivity index (χ2v) is 5.47. The summed E-state index contributed by atoms with van der Waals surface area (Å²) in [5, 5.41) is 9.40. The maximum Gasteiger partial charge on any atom is 0.119 e. The van der Waals surface area contributed by atoms with E-state index in [2.05, 4.69) is 23.1 Å². The molecule has 1 heterocycles. The molecule has 0 aliphatic carbocycles. The second kappa shape index (κ2) is 6.75. The topological polar surface area (TPSA) is 41.9 Å². The predicted octanol–water partition coefficient (Wildman–Crippen LogP) is 3.01. The molecule has 4 heteroatoms. The molecule has 4 nitrogen and oxygen atoms in total. The normalized spacial score (nSPS) is 13.3. The minimum Gasteiger partial charge on any atom is -0.497 e. The van der Waals surface area contributed by atoms with Crippen molar-refractivity contribution < 1.29 is 14.6 Å². The fourth-order valence-electron chi connectivity index (χ4n) is 2.86. The van der Waals surface area contributed by atoms with Gasteiger partial charge in [0.25, 0.3) is 0 Å². The molecule has 0 saturated heterocycles. The number of aliphatic hydroxyl groups is 1. The van der Waals surface area contributed by atoms with Gasteiger partial charge in [0.05, 0.1) is 20.8 Å². The van der Waals surface area contributed by atoms with Crippen LogP contribution in [0.15, 0.2) is 42.5 Å². The summed E-state index contributed by atoms with van der Waals surface area (Å²) < 4.78 is 10.5. The van der Waals surface area contributed by atoms with Gasteiger partial charge in [-0.15, -0.1) is 0 Å². The van der Waals surface area contributed by atoms with Crippen molar-refractivity contribution in [1.82, 2.24) is 4.90 Å². The molecule has 1 aliphatic rings. The number of hydrogen-bond donors (Lipinski definition) is 1. The molecule has 2 aromatic carbocycles. The Morgan fingerprint density at radius 1 is 1.00 bits per heavy atom. The Morgan fingerprint density at radius 3 is 2.35 bits per heavy atom. The van der Waals surface area contributed by atoms with Crippen molar-refractivity contribution in [3.05, 3.63) is 59.2 Å². The van der Waals surface area contributed by atoms with Crippen LogP contribution in [-0.2, 0) is 6.54 Å². The highest BCUT2D eigenvalue weighted by Crippen LogP contribution is 2.33. The number of hydrogen-bond acceptors (Lipinski definition) is 4. The minimum absolute atomic E-state index is 0.118. The number of methoxy groups -OCH3 is 2. The summed E-state index contributed by atoms with van der Waals surface area (Å²) >= 11 is 0. The third kappa shape index (κ3) is 3.17. The molecular weight excluding hydrogens is 290 g/mol. The molecule has 23 heavy (non-hydrogen) atoms. The van der Waals surface area contributed by atoms with Crippen molar-refractivity contribution in [3.8, 4) is 11.5 Å². The molecule has 1 aliphatic heterocycles. The smallest absolute Gasteiger partial charge is 0.119 e. The number of fused-ring (bicyclic) bond motifs is 1. The van der Waals surface area contributed by atoms with Crippen molar-refractivity contribution in [2.75, 3.05) is 27.4 Å². The molecule has 0 bridgehead atoms. The van der Waals surface area contributed by atoms with E-state index in [0.29, 0.717) is 6.54 Å². The van der Waals surface area contributed by atoms with Gasteiger partial charge < -0.3 is 19.5 Å². The SMILES string of the molecule is COc1ccc(C2=Cc3ccc(OC)cc3CN2CCO)cc1. The maximum absolute atomic E-state index is 9.40. The average molecular weight is 311 g/mol. The van der Waals surface area contributed by atoms with Crippen LogP contribution in [0, 0.1) is 0 Å². The largest absolute Gasteiger partial charge is 0.497 e. The summed E-state index contributed by atoms with van der Waals surface area (Å²) in [4.78, 5) is 2.18. The van der Waals surface area contributed by atoms with Crippen molar-refractivity contribution in [1.29, 1.82) is 0 Å². The lowest BCUT2D eigenvalue weighted by atomic mass is 9.97. The summed E-state index contributed by atoms with van der Waals surface area (Å²) in [7, 11) is 3.34.